The number of nitrogens with zero attached hydrogens (tertiary/aromatic N) is 2. The largest absolute Gasteiger partial charge is 0.507 e. The van der Waals surface area contributed by atoms with Crippen molar-refractivity contribution in [1.29, 1.82) is 0 Å². The Balaban J connectivity index is 1.55. The minimum atomic E-state index is -0.778. The quantitative estimate of drug-likeness (QED) is 0.166. The van der Waals surface area contributed by atoms with E-state index in [1.807, 2.05) is 112 Å². The molecule has 1 aliphatic heterocycles. The van der Waals surface area contributed by atoms with Crippen molar-refractivity contribution in [3.8, 4) is 5.75 Å². The van der Waals surface area contributed by atoms with Gasteiger partial charge in [-0.2, -0.15) is 0 Å². The van der Waals surface area contributed by atoms with Crippen molar-refractivity contribution >= 4 is 28.8 Å². The number of aliphatic hydroxyl groups excluding tert-OH is 1. The summed E-state index contributed by atoms with van der Waals surface area (Å²) in [6.45, 7) is 4.26. The number of hydrogen-bond acceptors (Lipinski definition) is 5. The highest BCUT2D eigenvalue weighted by Crippen LogP contribution is 2.43. The van der Waals surface area contributed by atoms with Crippen LogP contribution < -0.4 is 14.5 Å². The van der Waals surface area contributed by atoms with Crippen molar-refractivity contribution in [2.75, 3.05) is 23.9 Å². The van der Waals surface area contributed by atoms with Crippen LogP contribution in [0.15, 0.2) is 103 Å². The fourth-order valence-electron chi connectivity index (χ4n) is 5.02. The van der Waals surface area contributed by atoms with E-state index in [2.05, 4.69) is 0 Å². The molecule has 1 heterocycles. The standard InChI is InChI=1S/C34H32N2O4/c1-22-9-8-12-25(19-22)31-30(33(38)34(39)36(31)28-16-14-27(15-17-28)35(3)4)32(37)26-13-18-29(23(2)20-26)40-21-24-10-6-5-7-11-24/h5-20,31,37H,21H2,1-4H3/b32-30-. The van der Waals surface area contributed by atoms with Crippen LogP contribution in [0.5, 0.6) is 5.75 Å². The van der Waals surface area contributed by atoms with Gasteiger partial charge in [-0.25, -0.2) is 0 Å². The molecule has 40 heavy (non-hydrogen) atoms. The van der Waals surface area contributed by atoms with Gasteiger partial charge < -0.3 is 14.7 Å². The van der Waals surface area contributed by atoms with Gasteiger partial charge in [-0.3, -0.25) is 14.5 Å². The molecule has 1 amide bonds. The highest BCUT2D eigenvalue weighted by atomic mass is 16.5. The summed E-state index contributed by atoms with van der Waals surface area (Å²) in [6, 6.07) is 29.5. The van der Waals surface area contributed by atoms with Gasteiger partial charge in [0, 0.05) is 31.0 Å². The highest BCUT2D eigenvalue weighted by molar-refractivity contribution is 6.51. The fourth-order valence-corrected chi connectivity index (χ4v) is 5.02. The minimum absolute atomic E-state index is 0.0599. The predicted octanol–water partition coefficient (Wildman–Crippen LogP) is 6.57. The average Bonchev–Trinajstić information content (AvgIpc) is 3.22. The molecule has 1 fully saturated rings. The van der Waals surface area contributed by atoms with Crippen molar-refractivity contribution in [2.24, 2.45) is 0 Å². The molecule has 0 saturated carbocycles. The van der Waals surface area contributed by atoms with E-state index in [1.54, 1.807) is 18.2 Å². The molecular weight excluding hydrogens is 500 g/mol. The van der Waals surface area contributed by atoms with Gasteiger partial charge in [-0.05, 0) is 73.0 Å². The Kier molecular flexibility index (Phi) is 7.43. The van der Waals surface area contributed by atoms with Gasteiger partial charge >= 0.3 is 0 Å². The number of hydrogen-bond donors (Lipinski definition) is 1. The zero-order valence-electron chi connectivity index (χ0n) is 23.1. The molecule has 1 N–H and O–H groups in total. The van der Waals surface area contributed by atoms with Crippen LogP contribution in [-0.4, -0.2) is 30.9 Å². The van der Waals surface area contributed by atoms with E-state index in [9.17, 15) is 14.7 Å². The Bertz CT molecular complexity index is 1590. The Morgan fingerprint density at radius 2 is 1.60 bits per heavy atom. The number of ether oxygens (including phenoxy) is 1. The number of aliphatic hydroxyl groups is 1. The highest BCUT2D eigenvalue weighted by Gasteiger charge is 2.47. The lowest BCUT2D eigenvalue weighted by molar-refractivity contribution is -0.132. The summed E-state index contributed by atoms with van der Waals surface area (Å²) < 4.78 is 6.00. The number of aryl methyl sites for hydroxylation is 2. The molecule has 0 aromatic heterocycles. The van der Waals surface area contributed by atoms with Crippen LogP contribution in [-0.2, 0) is 16.2 Å². The maximum absolute atomic E-state index is 13.5. The van der Waals surface area contributed by atoms with Crippen molar-refractivity contribution < 1.29 is 19.4 Å². The van der Waals surface area contributed by atoms with Crippen molar-refractivity contribution in [1.82, 2.24) is 0 Å². The van der Waals surface area contributed by atoms with E-state index in [-0.39, 0.29) is 11.3 Å². The lowest BCUT2D eigenvalue weighted by Crippen LogP contribution is -2.29. The molecule has 202 valence electrons. The topological polar surface area (TPSA) is 70.1 Å². The lowest BCUT2D eigenvalue weighted by atomic mass is 9.94. The Morgan fingerprint density at radius 1 is 0.875 bits per heavy atom. The molecule has 0 aliphatic carbocycles. The monoisotopic (exact) mass is 532 g/mol. The molecule has 4 aromatic rings. The summed E-state index contributed by atoms with van der Waals surface area (Å²) in [5, 5.41) is 11.5. The van der Waals surface area contributed by atoms with Gasteiger partial charge in [0.15, 0.2) is 0 Å². The van der Waals surface area contributed by atoms with Gasteiger partial charge in [0.1, 0.15) is 18.1 Å². The number of benzene rings is 4. The molecule has 4 aromatic carbocycles. The third kappa shape index (κ3) is 5.21. The molecule has 1 saturated heterocycles. The van der Waals surface area contributed by atoms with E-state index in [0.717, 1.165) is 27.9 Å². The molecule has 0 bridgehead atoms. The third-order valence-electron chi connectivity index (χ3n) is 7.13. The summed E-state index contributed by atoms with van der Waals surface area (Å²) in [6.07, 6.45) is 0. The second-order valence-electron chi connectivity index (χ2n) is 10.2. The number of carbonyl (C=O) groups excluding carboxylic acids is 2. The third-order valence-corrected chi connectivity index (χ3v) is 7.13. The predicted molar refractivity (Wildman–Crippen MR) is 159 cm³/mol. The van der Waals surface area contributed by atoms with Crippen molar-refractivity contribution in [2.45, 2.75) is 26.5 Å². The summed E-state index contributed by atoms with van der Waals surface area (Å²) in [5.74, 6) is -0.931. The lowest BCUT2D eigenvalue weighted by Gasteiger charge is -2.26. The molecule has 1 aliphatic rings. The van der Waals surface area contributed by atoms with Gasteiger partial charge in [-0.1, -0.05) is 60.2 Å². The number of Topliss-reactive ketones (excluding diaryl/α,β-unsaturated/α-hetero) is 1. The van der Waals surface area contributed by atoms with Crippen LogP contribution in [0.2, 0.25) is 0 Å². The first-order valence-corrected chi connectivity index (χ1v) is 13.2. The van der Waals surface area contributed by atoms with Crippen LogP contribution in [0.4, 0.5) is 11.4 Å². The molecule has 1 unspecified atom stereocenters. The Morgan fingerprint density at radius 3 is 2.25 bits per heavy atom. The number of carbonyl (C=O) groups is 2. The van der Waals surface area contributed by atoms with Gasteiger partial charge in [0.2, 0.25) is 0 Å². The van der Waals surface area contributed by atoms with Crippen LogP contribution in [0.3, 0.4) is 0 Å². The van der Waals surface area contributed by atoms with E-state index in [1.165, 1.54) is 4.90 Å². The smallest absolute Gasteiger partial charge is 0.300 e. The Hall–Kier alpha value is -4.84. The molecule has 1 atom stereocenters. The fraction of sp³-hybridized carbons (Fsp3) is 0.176. The van der Waals surface area contributed by atoms with E-state index < -0.39 is 17.7 Å². The number of amides is 1. The maximum Gasteiger partial charge on any atom is 0.300 e. The molecule has 0 spiro atoms. The average molecular weight is 533 g/mol. The van der Waals surface area contributed by atoms with Crippen molar-refractivity contribution in [3.63, 3.8) is 0 Å². The van der Waals surface area contributed by atoms with Gasteiger partial charge in [0.05, 0.1) is 11.6 Å². The molecule has 5 rings (SSSR count). The molecule has 6 heteroatoms. The van der Waals surface area contributed by atoms with Gasteiger partial charge in [-0.15, -0.1) is 0 Å². The minimum Gasteiger partial charge on any atom is -0.507 e. The normalized spacial score (nSPS) is 16.3. The second-order valence-corrected chi connectivity index (χ2v) is 10.2. The second kappa shape index (κ2) is 11.1. The molecular formula is C34H32N2O4. The number of anilines is 2. The summed E-state index contributed by atoms with van der Waals surface area (Å²) in [7, 11) is 3.88. The first-order valence-electron chi connectivity index (χ1n) is 13.2. The first kappa shape index (κ1) is 26.8. The summed E-state index contributed by atoms with van der Waals surface area (Å²) >= 11 is 0. The van der Waals surface area contributed by atoms with E-state index in [4.69, 9.17) is 4.74 Å². The van der Waals surface area contributed by atoms with Crippen LogP contribution >= 0.6 is 0 Å². The van der Waals surface area contributed by atoms with Crippen LogP contribution in [0, 0.1) is 13.8 Å². The Labute approximate surface area is 234 Å². The zero-order chi connectivity index (χ0) is 28.4. The zero-order valence-corrected chi connectivity index (χ0v) is 23.1. The number of ketones is 1. The van der Waals surface area contributed by atoms with Crippen LogP contribution in [0.1, 0.15) is 33.9 Å². The summed E-state index contributed by atoms with van der Waals surface area (Å²) in [4.78, 5) is 30.4. The summed E-state index contributed by atoms with van der Waals surface area (Å²) in [5.41, 5.74) is 5.65. The molecule has 6 nitrogen and oxygen atoms in total. The molecule has 0 radical (unpaired) electrons. The van der Waals surface area contributed by atoms with Gasteiger partial charge in [0.25, 0.3) is 11.7 Å². The van der Waals surface area contributed by atoms with E-state index in [0.29, 0.717) is 23.6 Å². The van der Waals surface area contributed by atoms with Crippen molar-refractivity contribution in [3.05, 3.63) is 130 Å². The number of rotatable bonds is 7. The van der Waals surface area contributed by atoms with E-state index >= 15 is 0 Å². The SMILES string of the molecule is Cc1cccc(C2/C(=C(/O)c3ccc(OCc4ccccc4)c(C)c3)C(=O)C(=O)N2c2ccc(N(C)C)cc2)c1. The van der Waals surface area contributed by atoms with Crippen LogP contribution in [0.25, 0.3) is 5.76 Å². The maximum atomic E-state index is 13.5. The first-order chi connectivity index (χ1) is 19.2.